The van der Waals surface area contributed by atoms with Gasteiger partial charge in [0.15, 0.2) is 0 Å². The third-order valence-electron chi connectivity index (χ3n) is 7.75. The summed E-state index contributed by atoms with van der Waals surface area (Å²) in [6.45, 7) is 23.8. The number of nitrogens with one attached hydrogen (secondary N) is 1. The molecule has 0 bridgehead atoms. The lowest BCUT2D eigenvalue weighted by molar-refractivity contribution is 0.0876. The number of nitrogens with zero attached hydrogens (tertiary/aromatic N) is 2. The zero-order valence-electron chi connectivity index (χ0n) is 21.7. The number of aliphatic imine (C=N–C) groups is 1. The van der Waals surface area contributed by atoms with Crippen LogP contribution in [0, 0.1) is 11.3 Å². The molecule has 0 aromatic heterocycles. The Bertz CT molecular complexity index is 982. The molecule has 1 aliphatic heterocycles. The molecule has 182 valence electrons. The lowest BCUT2D eigenvalue weighted by Crippen LogP contribution is -2.41. The van der Waals surface area contributed by atoms with E-state index in [-0.39, 0.29) is 0 Å². The number of hydrogen-bond acceptors (Lipinski definition) is 3. The molecule has 1 aliphatic carbocycles. The van der Waals surface area contributed by atoms with E-state index in [1.165, 1.54) is 32.1 Å². The molecular weight excluding hydrogens is 414 g/mol. The summed E-state index contributed by atoms with van der Waals surface area (Å²) in [5.41, 5.74) is 6.89. The molecule has 2 fully saturated rings. The molecule has 1 N–H and O–H groups in total. The first kappa shape index (κ1) is 25.8. The topological polar surface area (TPSA) is 27.6 Å². The Balaban J connectivity index is 1.69. The number of benzene rings is 1. The van der Waals surface area contributed by atoms with E-state index in [2.05, 4.69) is 81.1 Å². The first-order valence-electron chi connectivity index (χ1n) is 12.8. The summed E-state index contributed by atoms with van der Waals surface area (Å²) in [5.74, 6) is 0.759. The SMILES string of the molecule is C=Cc1ccc(N/C=C/C=C(\C=N/C2CC2)C(=C)N2CCC(C)(C(C)CC)CC2)cc1C(=C)C. The highest BCUT2D eigenvalue weighted by molar-refractivity contribution is 5.85. The third-order valence-corrected chi connectivity index (χ3v) is 7.75. The van der Waals surface area contributed by atoms with Crippen LogP contribution in [0.25, 0.3) is 11.6 Å². The van der Waals surface area contributed by atoms with Gasteiger partial charge < -0.3 is 10.2 Å². The molecule has 1 aromatic rings. The molecule has 0 amide bonds. The molecule has 1 saturated carbocycles. The predicted octanol–water partition coefficient (Wildman–Crippen LogP) is 8.11. The Kier molecular flexibility index (Phi) is 8.77. The Morgan fingerprint density at radius 1 is 1.26 bits per heavy atom. The molecule has 3 rings (SSSR count). The fraction of sp³-hybridized carbons (Fsp3) is 0.452. The van der Waals surface area contributed by atoms with Gasteiger partial charge in [-0.15, -0.1) is 0 Å². The molecule has 1 saturated heterocycles. The van der Waals surface area contributed by atoms with E-state index >= 15 is 0 Å². The van der Waals surface area contributed by atoms with Crippen LogP contribution in [0.4, 0.5) is 5.69 Å². The number of likely N-dealkylation sites (tertiary alicyclic amines) is 1. The smallest absolute Gasteiger partial charge is 0.0501 e. The van der Waals surface area contributed by atoms with Crippen molar-refractivity contribution >= 4 is 23.6 Å². The van der Waals surface area contributed by atoms with Crippen LogP contribution in [0.5, 0.6) is 0 Å². The minimum atomic E-state index is 0.436. The van der Waals surface area contributed by atoms with Crippen LogP contribution in [-0.4, -0.2) is 30.2 Å². The first-order chi connectivity index (χ1) is 16.3. The third kappa shape index (κ3) is 6.62. The summed E-state index contributed by atoms with van der Waals surface area (Å²) in [4.78, 5) is 7.20. The van der Waals surface area contributed by atoms with Crippen molar-refractivity contribution in [3.63, 3.8) is 0 Å². The lowest BCUT2D eigenvalue weighted by atomic mass is 9.70. The van der Waals surface area contributed by atoms with Gasteiger partial charge in [-0.25, -0.2) is 0 Å². The zero-order chi connectivity index (χ0) is 24.7. The van der Waals surface area contributed by atoms with Crippen LogP contribution in [-0.2, 0) is 0 Å². The quantitative estimate of drug-likeness (QED) is 0.268. The normalized spacial score (nSPS) is 19.4. The van der Waals surface area contributed by atoms with Crippen LogP contribution < -0.4 is 5.32 Å². The second kappa shape index (κ2) is 11.6. The first-order valence-corrected chi connectivity index (χ1v) is 12.8. The second-order valence-corrected chi connectivity index (χ2v) is 10.3. The van der Waals surface area contributed by atoms with Crippen LogP contribution in [0.2, 0.25) is 0 Å². The number of rotatable bonds is 11. The van der Waals surface area contributed by atoms with Crippen molar-refractivity contribution in [3.8, 4) is 0 Å². The zero-order valence-corrected chi connectivity index (χ0v) is 21.7. The molecule has 2 aliphatic rings. The van der Waals surface area contributed by atoms with Gasteiger partial charge in [0.2, 0.25) is 0 Å². The van der Waals surface area contributed by atoms with Gasteiger partial charge in [0, 0.05) is 42.5 Å². The van der Waals surface area contributed by atoms with Gasteiger partial charge in [-0.2, -0.15) is 0 Å². The van der Waals surface area contributed by atoms with Crippen LogP contribution in [0.1, 0.15) is 70.9 Å². The maximum absolute atomic E-state index is 4.75. The van der Waals surface area contributed by atoms with Gasteiger partial charge in [-0.3, -0.25) is 4.99 Å². The molecule has 1 aromatic carbocycles. The molecule has 34 heavy (non-hydrogen) atoms. The average molecular weight is 458 g/mol. The summed E-state index contributed by atoms with van der Waals surface area (Å²) >= 11 is 0. The standard InChI is InChI=1S/C31H43N3/c1-8-24(5)31(7)16-19-34(20-17-31)25(6)27(22-33-28-14-15-28)11-10-18-32-29-13-12-26(9-2)30(21-29)23(3)4/h9-13,18,21-22,24,28,32H,2-3,6,8,14-17,19-20H2,1,4-5,7H3/b18-10+,27-11+,33-22-. The number of piperidine rings is 1. The molecule has 3 nitrogen and oxygen atoms in total. The van der Waals surface area contributed by atoms with E-state index in [4.69, 9.17) is 4.99 Å². The van der Waals surface area contributed by atoms with Crippen LogP contribution >= 0.6 is 0 Å². The van der Waals surface area contributed by atoms with Crippen molar-refractivity contribution in [2.45, 2.75) is 65.8 Å². The van der Waals surface area contributed by atoms with E-state index in [0.717, 1.165) is 52.7 Å². The van der Waals surface area contributed by atoms with E-state index in [9.17, 15) is 0 Å². The summed E-state index contributed by atoms with van der Waals surface area (Å²) in [7, 11) is 0. The summed E-state index contributed by atoms with van der Waals surface area (Å²) in [6, 6.07) is 6.75. The number of allylic oxidation sites excluding steroid dienone is 4. The van der Waals surface area contributed by atoms with E-state index in [0.29, 0.717) is 11.5 Å². The van der Waals surface area contributed by atoms with Gasteiger partial charge in [-0.05, 0) is 79.4 Å². The molecule has 3 heteroatoms. The highest BCUT2D eigenvalue weighted by Gasteiger charge is 2.34. The summed E-state index contributed by atoms with van der Waals surface area (Å²) in [6.07, 6.45) is 16.1. The maximum atomic E-state index is 4.75. The van der Waals surface area contributed by atoms with Gasteiger partial charge >= 0.3 is 0 Å². The van der Waals surface area contributed by atoms with Crippen molar-refractivity contribution < 1.29 is 0 Å². The van der Waals surface area contributed by atoms with Crippen molar-refractivity contribution in [2.24, 2.45) is 16.3 Å². The van der Waals surface area contributed by atoms with E-state index in [1.807, 2.05) is 25.4 Å². The summed E-state index contributed by atoms with van der Waals surface area (Å²) < 4.78 is 0. The van der Waals surface area contributed by atoms with Gasteiger partial charge in [0.25, 0.3) is 0 Å². The van der Waals surface area contributed by atoms with Gasteiger partial charge in [0.1, 0.15) is 0 Å². The molecular formula is C31H43N3. The van der Waals surface area contributed by atoms with Crippen molar-refractivity contribution in [1.29, 1.82) is 0 Å². The minimum absolute atomic E-state index is 0.436. The molecule has 1 atom stereocenters. The van der Waals surface area contributed by atoms with E-state index < -0.39 is 0 Å². The maximum Gasteiger partial charge on any atom is 0.0501 e. The Labute approximate surface area is 207 Å². The molecule has 1 heterocycles. The van der Waals surface area contributed by atoms with Crippen molar-refractivity contribution in [2.75, 3.05) is 18.4 Å². The Morgan fingerprint density at radius 2 is 1.97 bits per heavy atom. The Morgan fingerprint density at radius 3 is 2.56 bits per heavy atom. The van der Waals surface area contributed by atoms with Crippen LogP contribution in [0.15, 0.2) is 72.6 Å². The largest absolute Gasteiger partial charge is 0.371 e. The summed E-state index contributed by atoms with van der Waals surface area (Å²) in [5, 5.41) is 3.38. The van der Waals surface area contributed by atoms with Crippen LogP contribution in [0.3, 0.4) is 0 Å². The number of hydrogen-bond donors (Lipinski definition) is 1. The highest BCUT2D eigenvalue weighted by atomic mass is 15.1. The fourth-order valence-electron chi connectivity index (χ4n) is 4.57. The average Bonchev–Trinajstić information content (AvgIpc) is 3.67. The van der Waals surface area contributed by atoms with E-state index in [1.54, 1.807) is 0 Å². The van der Waals surface area contributed by atoms with Gasteiger partial charge in [-0.1, -0.05) is 64.6 Å². The van der Waals surface area contributed by atoms with Gasteiger partial charge in [0.05, 0.1) is 6.04 Å². The lowest BCUT2D eigenvalue weighted by Gasteiger charge is -2.44. The minimum Gasteiger partial charge on any atom is -0.371 e. The monoisotopic (exact) mass is 457 g/mol. The molecule has 0 spiro atoms. The fourth-order valence-corrected chi connectivity index (χ4v) is 4.57. The van der Waals surface area contributed by atoms with Crippen molar-refractivity contribution in [1.82, 2.24) is 4.90 Å². The highest BCUT2D eigenvalue weighted by Crippen LogP contribution is 2.41. The molecule has 1 unspecified atom stereocenters. The molecule has 0 radical (unpaired) electrons. The van der Waals surface area contributed by atoms with Crippen molar-refractivity contribution in [3.05, 3.63) is 78.7 Å². The Hall–Kier alpha value is -2.81. The second-order valence-electron chi connectivity index (χ2n) is 10.3. The number of anilines is 1. The predicted molar refractivity (Wildman–Crippen MR) is 151 cm³/mol.